The topological polar surface area (TPSA) is 61.4 Å². The highest BCUT2D eigenvalue weighted by atomic mass is 16.2. The third kappa shape index (κ3) is 4.20. The van der Waals surface area contributed by atoms with Crippen molar-refractivity contribution in [3.63, 3.8) is 0 Å². The Bertz CT molecular complexity index is 1090. The number of hydrogen-bond acceptors (Lipinski definition) is 2. The first-order valence-corrected chi connectivity index (χ1v) is 10.1. The highest BCUT2D eigenvalue weighted by Gasteiger charge is 2.25. The third-order valence-corrected chi connectivity index (χ3v) is 5.53. The fourth-order valence-electron chi connectivity index (χ4n) is 3.66. The number of hydrogen-bond donors (Lipinski definition) is 2. The predicted molar refractivity (Wildman–Crippen MR) is 120 cm³/mol. The quantitative estimate of drug-likeness (QED) is 0.660. The van der Waals surface area contributed by atoms with Gasteiger partial charge in [0.05, 0.1) is 0 Å². The van der Waals surface area contributed by atoms with Crippen molar-refractivity contribution in [3.05, 3.63) is 94.5 Å². The molecule has 5 nitrogen and oxygen atoms in total. The van der Waals surface area contributed by atoms with Crippen LogP contribution in [0.1, 0.15) is 32.6 Å². The number of amides is 3. The van der Waals surface area contributed by atoms with Gasteiger partial charge < -0.3 is 15.5 Å². The third-order valence-electron chi connectivity index (χ3n) is 5.53. The molecule has 0 saturated heterocycles. The number of nitrogens with zero attached hydrogens (tertiary/aromatic N) is 1. The van der Waals surface area contributed by atoms with E-state index < -0.39 is 0 Å². The normalized spacial score (nSPS) is 12.4. The summed E-state index contributed by atoms with van der Waals surface area (Å²) in [5.74, 6) is 0.00643. The molecule has 3 aromatic rings. The Morgan fingerprint density at radius 1 is 0.933 bits per heavy atom. The van der Waals surface area contributed by atoms with E-state index in [9.17, 15) is 9.59 Å². The van der Waals surface area contributed by atoms with E-state index in [-0.39, 0.29) is 11.9 Å². The Balaban J connectivity index is 1.42. The second-order valence-electron chi connectivity index (χ2n) is 7.64. The van der Waals surface area contributed by atoms with Crippen molar-refractivity contribution < 1.29 is 9.59 Å². The molecule has 1 aliphatic heterocycles. The van der Waals surface area contributed by atoms with Crippen molar-refractivity contribution in [1.82, 2.24) is 5.32 Å². The van der Waals surface area contributed by atoms with E-state index in [1.807, 2.05) is 85.5 Å². The molecule has 1 aliphatic rings. The number of carbonyl (C=O) groups excluding carboxylic acids is 2. The second-order valence-corrected chi connectivity index (χ2v) is 7.64. The van der Waals surface area contributed by atoms with Gasteiger partial charge in [0.15, 0.2) is 0 Å². The summed E-state index contributed by atoms with van der Waals surface area (Å²) >= 11 is 0. The molecule has 0 aromatic heterocycles. The Labute approximate surface area is 176 Å². The molecule has 3 amide bonds. The molecule has 5 heteroatoms. The Kier molecular flexibility index (Phi) is 5.53. The molecule has 0 atom stereocenters. The summed E-state index contributed by atoms with van der Waals surface area (Å²) in [6.07, 6.45) is 0.842. The van der Waals surface area contributed by atoms with Crippen LogP contribution in [-0.4, -0.2) is 18.5 Å². The lowest BCUT2D eigenvalue weighted by atomic mass is 10.1. The molecule has 3 aromatic carbocycles. The average Bonchev–Trinajstić information content (AvgIpc) is 3.18. The largest absolute Gasteiger partial charge is 0.334 e. The number of carbonyl (C=O) groups is 2. The molecule has 1 heterocycles. The van der Waals surface area contributed by atoms with Gasteiger partial charge in [-0.3, -0.25) is 4.79 Å². The number of fused-ring (bicyclic) bond motifs is 1. The van der Waals surface area contributed by atoms with Crippen molar-refractivity contribution in [2.75, 3.05) is 16.8 Å². The zero-order valence-corrected chi connectivity index (χ0v) is 17.2. The van der Waals surface area contributed by atoms with Crippen LogP contribution < -0.4 is 15.5 Å². The van der Waals surface area contributed by atoms with E-state index >= 15 is 0 Å². The number of nitrogens with one attached hydrogen (secondary N) is 2. The van der Waals surface area contributed by atoms with Crippen LogP contribution in [0.2, 0.25) is 0 Å². The van der Waals surface area contributed by atoms with Crippen molar-refractivity contribution in [2.45, 2.75) is 26.8 Å². The van der Waals surface area contributed by atoms with Crippen LogP contribution in [-0.2, 0) is 13.0 Å². The molecular weight excluding hydrogens is 374 g/mol. The highest BCUT2D eigenvalue weighted by molar-refractivity contribution is 6.07. The summed E-state index contributed by atoms with van der Waals surface area (Å²) in [5, 5.41) is 5.76. The minimum atomic E-state index is -0.254. The molecule has 0 unspecified atom stereocenters. The molecule has 0 spiro atoms. The van der Waals surface area contributed by atoms with E-state index in [0.29, 0.717) is 18.7 Å². The van der Waals surface area contributed by atoms with Gasteiger partial charge in [-0.2, -0.15) is 0 Å². The van der Waals surface area contributed by atoms with Crippen molar-refractivity contribution in [3.8, 4) is 0 Å². The smallest absolute Gasteiger partial charge is 0.319 e. The van der Waals surface area contributed by atoms with Crippen LogP contribution >= 0.6 is 0 Å². The SMILES string of the molecule is Cc1ccc(NC(=O)NCc2ccc3c(c2)N(C(=O)c2ccccc2)CC3)cc1C. The molecular formula is C25H25N3O2. The van der Waals surface area contributed by atoms with Gasteiger partial charge in [0, 0.05) is 30.0 Å². The second kappa shape index (κ2) is 8.41. The van der Waals surface area contributed by atoms with Gasteiger partial charge in [-0.25, -0.2) is 4.79 Å². The van der Waals surface area contributed by atoms with E-state index in [0.717, 1.165) is 34.5 Å². The van der Waals surface area contributed by atoms with Crippen LogP contribution in [0, 0.1) is 13.8 Å². The number of rotatable bonds is 4. The summed E-state index contributed by atoms with van der Waals surface area (Å²) in [6, 6.07) is 21.0. The lowest BCUT2D eigenvalue weighted by Crippen LogP contribution is -2.29. The van der Waals surface area contributed by atoms with Gasteiger partial charge in [-0.05, 0) is 72.9 Å². The fourth-order valence-corrected chi connectivity index (χ4v) is 3.66. The van der Waals surface area contributed by atoms with Crippen LogP contribution in [0.3, 0.4) is 0 Å². The minimum Gasteiger partial charge on any atom is -0.334 e. The molecule has 152 valence electrons. The van der Waals surface area contributed by atoms with Crippen LogP contribution in [0.25, 0.3) is 0 Å². The summed E-state index contributed by atoms with van der Waals surface area (Å²) in [4.78, 5) is 27.0. The predicted octanol–water partition coefficient (Wildman–Crippen LogP) is 4.83. The monoisotopic (exact) mass is 399 g/mol. The lowest BCUT2D eigenvalue weighted by molar-refractivity contribution is 0.0989. The van der Waals surface area contributed by atoms with E-state index in [1.165, 1.54) is 5.56 Å². The van der Waals surface area contributed by atoms with E-state index in [4.69, 9.17) is 0 Å². The summed E-state index contributed by atoms with van der Waals surface area (Å²) in [6.45, 7) is 5.12. The molecule has 30 heavy (non-hydrogen) atoms. The maximum absolute atomic E-state index is 12.9. The van der Waals surface area contributed by atoms with Crippen LogP contribution in [0.4, 0.5) is 16.2 Å². The maximum atomic E-state index is 12.9. The zero-order valence-electron chi connectivity index (χ0n) is 17.2. The standard InChI is InChI=1S/C25H25N3O2/c1-17-8-11-22(14-18(17)2)27-25(30)26-16-19-9-10-20-12-13-28(23(20)15-19)24(29)21-6-4-3-5-7-21/h3-11,14-15H,12-13,16H2,1-2H3,(H2,26,27,30). The molecule has 0 radical (unpaired) electrons. The van der Waals surface area contributed by atoms with E-state index in [2.05, 4.69) is 10.6 Å². The fraction of sp³-hybridized carbons (Fsp3) is 0.200. The highest BCUT2D eigenvalue weighted by Crippen LogP contribution is 2.30. The van der Waals surface area contributed by atoms with Crippen molar-refractivity contribution in [1.29, 1.82) is 0 Å². The molecule has 0 fully saturated rings. The molecule has 4 rings (SSSR count). The molecule has 2 N–H and O–H groups in total. The number of aryl methyl sites for hydroxylation is 2. The number of urea groups is 1. The number of anilines is 2. The van der Waals surface area contributed by atoms with E-state index in [1.54, 1.807) is 0 Å². The molecule has 0 bridgehead atoms. The van der Waals surface area contributed by atoms with Crippen molar-refractivity contribution >= 4 is 23.3 Å². The van der Waals surface area contributed by atoms with Gasteiger partial charge >= 0.3 is 6.03 Å². The van der Waals surface area contributed by atoms with Gasteiger partial charge in [0.25, 0.3) is 5.91 Å². The summed E-state index contributed by atoms with van der Waals surface area (Å²) < 4.78 is 0. The summed E-state index contributed by atoms with van der Waals surface area (Å²) in [5.41, 5.74) is 6.81. The molecule has 0 aliphatic carbocycles. The number of benzene rings is 3. The van der Waals surface area contributed by atoms with Gasteiger partial charge in [-0.1, -0.05) is 36.4 Å². The Morgan fingerprint density at radius 2 is 1.73 bits per heavy atom. The van der Waals surface area contributed by atoms with Crippen molar-refractivity contribution in [2.24, 2.45) is 0 Å². The first kappa shape index (κ1) is 19.7. The lowest BCUT2D eigenvalue weighted by Gasteiger charge is -2.18. The Hall–Kier alpha value is -3.60. The first-order chi connectivity index (χ1) is 14.5. The van der Waals surface area contributed by atoms with Crippen LogP contribution in [0.5, 0.6) is 0 Å². The Morgan fingerprint density at radius 3 is 2.50 bits per heavy atom. The average molecular weight is 399 g/mol. The minimum absolute atomic E-state index is 0.00643. The van der Waals surface area contributed by atoms with Gasteiger partial charge in [-0.15, -0.1) is 0 Å². The first-order valence-electron chi connectivity index (χ1n) is 10.1. The van der Waals surface area contributed by atoms with Gasteiger partial charge in [0.2, 0.25) is 0 Å². The zero-order chi connectivity index (χ0) is 21.1. The summed E-state index contributed by atoms with van der Waals surface area (Å²) in [7, 11) is 0. The molecule has 0 saturated carbocycles. The van der Waals surface area contributed by atoms with Crippen LogP contribution in [0.15, 0.2) is 66.7 Å². The maximum Gasteiger partial charge on any atom is 0.319 e. The van der Waals surface area contributed by atoms with Gasteiger partial charge in [0.1, 0.15) is 0 Å².